The van der Waals surface area contributed by atoms with E-state index in [9.17, 15) is 4.79 Å². The van der Waals surface area contributed by atoms with Crippen LogP contribution in [0.5, 0.6) is 0 Å². The zero-order chi connectivity index (χ0) is 18.3. The minimum Gasteiger partial charge on any atom is -0.353 e. The summed E-state index contributed by atoms with van der Waals surface area (Å²) in [6.07, 6.45) is 15.0. The summed E-state index contributed by atoms with van der Waals surface area (Å²) in [5, 5.41) is 0. The Morgan fingerprint density at radius 2 is 1.25 bits per heavy atom. The molecule has 0 aromatic rings. The van der Waals surface area contributed by atoms with Crippen molar-refractivity contribution in [3.05, 3.63) is 0 Å². The maximum Gasteiger partial charge on any atom is 0.192 e. The average molecular weight is 341 g/mol. The fraction of sp³-hybridized carbons (Fsp3) is 0.857. The Balaban J connectivity index is 0. The number of carbonyl (C=O) groups excluding carboxylic acids is 1. The molecular formula is C21H40O3. The zero-order valence-corrected chi connectivity index (χ0v) is 16.6. The Morgan fingerprint density at radius 1 is 0.792 bits per heavy atom. The molecule has 0 spiro atoms. The second kappa shape index (κ2) is 24.4. The first-order valence-corrected chi connectivity index (χ1v) is 9.88. The van der Waals surface area contributed by atoms with E-state index in [0.717, 1.165) is 26.1 Å². The lowest BCUT2D eigenvalue weighted by atomic mass is 10.1. The molecule has 142 valence electrons. The minimum atomic E-state index is -0.0370. The highest BCUT2D eigenvalue weighted by atomic mass is 16.7. The van der Waals surface area contributed by atoms with Gasteiger partial charge in [0, 0.05) is 19.6 Å². The van der Waals surface area contributed by atoms with Gasteiger partial charge in [0.1, 0.15) is 0 Å². The highest BCUT2D eigenvalue weighted by molar-refractivity contribution is 5.72. The Bertz CT molecular complexity index is 285. The molecule has 0 heterocycles. The molecule has 0 aliphatic rings. The van der Waals surface area contributed by atoms with Gasteiger partial charge < -0.3 is 9.47 Å². The molecule has 0 aliphatic heterocycles. The third-order valence-electron chi connectivity index (χ3n) is 3.62. The van der Waals surface area contributed by atoms with Crippen LogP contribution in [0.2, 0.25) is 0 Å². The van der Waals surface area contributed by atoms with Gasteiger partial charge in [-0.3, -0.25) is 4.79 Å². The summed E-state index contributed by atoms with van der Waals surface area (Å²) in [5.41, 5.74) is 0. The number of hydrogen-bond donors (Lipinski definition) is 0. The molecule has 0 amide bonds. The fourth-order valence-electron chi connectivity index (χ4n) is 2.33. The van der Waals surface area contributed by atoms with Crippen molar-refractivity contribution in [2.75, 3.05) is 13.2 Å². The predicted octanol–water partition coefficient (Wildman–Crippen LogP) is 5.91. The van der Waals surface area contributed by atoms with Gasteiger partial charge in [-0.25, -0.2) is 0 Å². The molecule has 0 radical (unpaired) electrons. The van der Waals surface area contributed by atoms with Crippen molar-refractivity contribution in [3.63, 3.8) is 0 Å². The van der Waals surface area contributed by atoms with E-state index in [-0.39, 0.29) is 6.29 Å². The van der Waals surface area contributed by atoms with E-state index in [0.29, 0.717) is 6.29 Å². The van der Waals surface area contributed by atoms with E-state index in [1.165, 1.54) is 57.8 Å². The van der Waals surface area contributed by atoms with Crippen molar-refractivity contribution in [2.45, 2.75) is 105 Å². The molecule has 0 bridgehead atoms. The normalized spacial score (nSPS) is 9.88. The molecule has 0 N–H and O–H groups in total. The molecule has 0 atom stereocenters. The first kappa shape index (κ1) is 25.4. The summed E-state index contributed by atoms with van der Waals surface area (Å²) < 4.78 is 10.1. The van der Waals surface area contributed by atoms with Crippen molar-refractivity contribution in [2.24, 2.45) is 0 Å². The second-order valence-corrected chi connectivity index (χ2v) is 5.85. The summed E-state index contributed by atoms with van der Waals surface area (Å²) in [6.45, 7) is 9.51. The van der Waals surface area contributed by atoms with Gasteiger partial charge in [0.15, 0.2) is 12.6 Å². The van der Waals surface area contributed by atoms with E-state index in [1.54, 1.807) is 0 Å². The molecule has 3 nitrogen and oxygen atoms in total. The van der Waals surface area contributed by atoms with E-state index < -0.39 is 0 Å². The molecule has 24 heavy (non-hydrogen) atoms. The van der Waals surface area contributed by atoms with E-state index in [2.05, 4.69) is 18.8 Å². The van der Waals surface area contributed by atoms with E-state index >= 15 is 0 Å². The van der Waals surface area contributed by atoms with E-state index in [4.69, 9.17) is 9.47 Å². The molecule has 0 aromatic carbocycles. The van der Waals surface area contributed by atoms with Crippen molar-refractivity contribution in [1.82, 2.24) is 0 Å². The number of hydrogen-bond acceptors (Lipinski definition) is 3. The van der Waals surface area contributed by atoms with Gasteiger partial charge in [-0.05, 0) is 33.1 Å². The van der Waals surface area contributed by atoms with Gasteiger partial charge in [-0.15, -0.1) is 0 Å². The Hall–Kier alpha value is -0.850. The van der Waals surface area contributed by atoms with Crippen LogP contribution in [0, 0.1) is 11.8 Å². The smallest absolute Gasteiger partial charge is 0.192 e. The molecule has 0 unspecified atom stereocenters. The van der Waals surface area contributed by atoms with Crippen LogP contribution in [0.25, 0.3) is 0 Å². The molecule has 0 saturated heterocycles. The third-order valence-corrected chi connectivity index (χ3v) is 3.62. The maximum absolute atomic E-state index is 9.91. The Kier molecular flexibility index (Phi) is 25.8. The lowest BCUT2D eigenvalue weighted by Crippen LogP contribution is -2.11. The van der Waals surface area contributed by atoms with Crippen LogP contribution >= 0.6 is 0 Å². The van der Waals surface area contributed by atoms with Crippen molar-refractivity contribution < 1.29 is 14.3 Å². The maximum atomic E-state index is 9.91. The van der Waals surface area contributed by atoms with Crippen LogP contribution in [-0.4, -0.2) is 25.8 Å². The highest BCUT2D eigenvalue weighted by Gasteiger charge is 1.95. The van der Waals surface area contributed by atoms with Gasteiger partial charge in [-0.2, -0.15) is 0 Å². The molecule has 0 aromatic heterocycles. The highest BCUT2D eigenvalue weighted by Crippen LogP contribution is 2.10. The largest absolute Gasteiger partial charge is 0.353 e. The summed E-state index contributed by atoms with van der Waals surface area (Å²) in [6, 6.07) is 0. The van der Waals surface area contributed by atoms with Gasteiger partial charge in [0.25, 0.3) is 0 Å². The molecule has 0 fully saturated rings. The standard InChI is InChI=1S/C15H26O.C6H14O2/c1-2-3-4-5-6-7-8-9-10-11-12-13-14-15-16;1-4-7-6(3)8-5-2/h15H,2-12H2,1H3;6H,4-5H2,1-3H3. The summed E-state index contributed by atoms with van der Waals surface area (Å²) in [5.74, 6) is 5.29. The quantitative estimate of drug-likeness (QED) is 0.171. The molecule has 0 saturated carbocycles. The minimum absolute atomic E-state index is 0.0370. The van der Waals surface area contributed by atoms with Gasteiger partial charge in [0.05, 0.1) is 0 Å². The number of carbonyl (C=O) groups is 1. The lowest BCUT2D eigenvalue weighted by Gasteiger charge is -2.09. The average Bonchev–Trinajstić information content (AvgIpc) is 2.57. The molecule has 0 rings (SSSR count). The van der Waals surface area contributed by atoms with Crippen LogP contribution in [0.3, 0.4) is 0 Å². The van der Waals surface area contributed by atoms with Gasteiger partial charge >= 0.3 is 0 Å². The van der Waals surface area contributed by atoms with Gasteiger partial charge in [-0.1, -0.05) is 70.6 Å². The fourth-order valence-corrected chi connectivity index (χ4v) is 2.33. The topological polar surface area (TPSA) is 35.5 Å². The predicted molar refractivity (Wildman–Crippen MR) is 103 cm³/mol. The number of rotatable bonds is 14. The van der Waals surface area contributed by atoms with Crippen molar-refractivity contribution in [1.29, 1.82) is 0 Å². The third kappa shape index (κ3) is 26.1. The number of unbranched alkanes of at least 4 members (excludes halogenated alkanes) is 10. The van der Waals surface area contributed by atoms with Crippen LogP contribution in [0.4, 0.5) is 0 Å². The summed E-state index contributed by atoms with van der Waals surface area (Å²) >= 11 is 0. The molecule has 3 heteroatoms. The number of aldehydes is 1. The Labute approximate surface area is 150 Å². The lowest BCUT2D eigenvalue weighted by molar-refractivity contribution is -0.123. The van der Waals surface area contributed by atoms with Crippen LogP contribution in [-0.2, 0) is 14.3 Å². The zero-order valence-electron chi connectivity index (χ0n) is 16.6. The van der Waals surface area contributed by atoms with Crippen LogP contribution < -0.4 is 0 Å². The van der Waals surface area contributed by atoms with Crippen LogP contribution in [0.1, 0.15) is 98.3 Å². The van der Waals surface area contributed by atoms with E-state index in [1.807, 2.05) is 20.8 Å². The summed E-state index contributed by atoms with van der Waals surface area (Å²) in [7, 11) is 0. The number of ether oxygens (including phenoxy) is 2. The molecule has 0 aliphatic carbocycles. The monoisotopic (exact) mass is 340 g/mol. The SMILES string of the molecule is CCCCCCCCCCCCC#CC=O.CCOC(C)OCC. The second-order valence-electron chi connectivity index (χ2n) is 5.85. The van der Waals surface area contributed by atoms with Crippen LogP contribution in [0.15, 0.2) is 0 Å². The van der Waals surface area contributed by atoms with Crippen molar-refractivity contribution in [3.8, 4) is 11.8 Å². The van der Waals surface area contributed by atoms with Crippen molar-refractivity contribution >= 4 is 6.29 Å². The van der Waals surface area contributed by atoms with Gasteiger partial charge in [0.2, 0.25) is 0 Å². The molecular weight excluding hydrogens is 300 g/mol. The Morgan fingerprint density at radius 3 is 1.67 bits per heavy atom. The summed E-state index contributed by atoms with van der Waals surface area (Å²) in [4.78, 5) is 9.91. The first-order valence-electron chi connectivity index (χ1n) is 9.88. The first-order chi connectivity index (χ1) is 11.7.